The molecule has 0 bridgehead atoms. The molecule has 3 rings (SSSR count). The van der Waals surface area contributed by atoms with Crippen molar-refractivity contribution in [3.8, 4) is 11.1 Å². The van der Waals surface area contributed by atoms with Crippen molar-refractivity contribution >= 4 is 16.1 Å². The number of aromatic nitrogens is 2. The Hall–Kier alpha value is -2.70. The van der Waals surface area contributed by atoms with Gasteiger partial charge in [-0.05, 0) is 31.1 Å². The van der Waals surface area contributed by atoms with Gasteiger partial charge in [-0.3, -0.25) is 4.68 Å². The number of nitrogens with zero attached hydrogens (tertiary/aromatic N) is 2. The van der Waals surface area contributed by atoms with Gasteiger partial charge in [-0.1, -0.05) is 60.7 Å². The summed E-state index contributed by atoms with van der Waals surface area (Å²) in [5, 5.41) is 5.76. The second kappa shape index (κ2) is 8.33. The first-order valence-corrected chi connectivity index (χ1v) is 10.3. The van der Waals surface area contributed by atoms with Crippen LogP contribution in [0.4, 0.5) is 0 Å². The summed E-state index contributed by atoms with van der Waals surface area (Å²) in [6.07, 6.45) is 1.58. The summed E-state index contributed by atoms with van der Waals surface area (Å²) in [6, 6.07) is 19.4. The molecule has 0 radical (unpaired) electrons. The molecule has 140 valence electrons. The zero-order chi connectivity index (χ0) is 19.3. The molecule has 0 atom stereocenters. The Morgan fingerprint density at radius 1 is 1.00 bits per heavy atom. The first-order chi connectivity index (χ1) is 13.0. The molecule has 1 heterocycles. The molecule has 0 saturated carbocycles. The Labute approximate surface area is 160 Å². The van der Waals surface area contributed by atoms with Gasteiger partial charge in [0.25, 0.3) is 0 Å². The molecule has 5 nitrogen and oxygen atoms in total. The van der Waals surface area contributed by atoms with Crippen molar-refractivity contribution in [2.75, 3.05) is 6.54 Å². The fraction of sp³-hybridized carbons (Fsp3) is 0.190. The van der Waals surface area contributed by atoms with Crippen LogP contribution in [0.1, 0.15) is 17.0 Å². The summed E-state index contributed by atoms with van der Waals surface area (Å²) >= 11 is 0. The lowest BCUT2D eigenvalue weighted by molar-refractivity contribution is 0.560. The molecule has 0 aliphatic rings. The van der Waals surface area contributed by atoms with E-state index in [9.17, 15) is 8.42 Å². The summed E-state index contributed by atoms with van der Waals surface area (Å²) in [5.41, 5.74) is 5.02. The Morgan fingerprint density at radius 2 is 1.63 bits per heavy atom. The van der Waals surface area contributed by atoms with E-state index in [0.717, 1.165) is 28.1 Å². The number of hydrogen-bond acceptors (Lipinski definition) is 3. The second-order valence-electron chi connectivity index (χ2n) is 6.29. The number of rotatable bonds is 7. The highest BCUT2D eigenvalue weighted by Gasteiger charge is 2.13. The summed E-state index contributed by atoms with van der Waals surface area (Å²) in [6.45, 7) is 4.72. The summed E-state index contributed by atoms with van der Waals surface area (Å²) in [7, 11) is -3.49. The van der Waals surface area contributed by atoms with Crippen molar-refractivity contribution < 1.29 is 8.42 Å². The van der Waals surface area contributed by atoms with Crippen LogP contribution in [-0.4, -0.2) is 24.7 Å². The molecular formula is C21H23N3O2S. The van der Waals surface area contributed by atoms with Gasteiger partial charge in [-0.2, -0.15) is 5.10 Å². The van der Waals surface area contributed by atoms with Crippen LogP contribution in [0.15, 0.2) is 66.1 Å². The minimum atomic E-state index is -3.49. The van der Waals surface area contributed by atoms with Gasteiger partial charge in [-0.15, -0.1) is 0 Å². The Morgan fingerprint density at radius 3 is 2.30 bits per heavy atom. The van der Waals surface area contributed by atoms with Crippen molar-refractivity contribution in [2.45, 2.75) is 20.4 Å². The molecule has 0 aliphatic heterocycles. The molecule has 1 aromatic heterocycles. The smallest absolute Gasteiger partial charge is 0.233 e. The second-order valence-corrected chi connectivity index (χ2v) is 7.94. The zero-order valence-electron chi connectivity index (χ0n) is 15.5. The van der Waals surface area contributed by atoms with Crippen LogP contribution in [0.2, 0.25) is 0 Å². The summed E-state index contributed by atoms with van der Waals surface area (Å²) < 4.78 is 28.7. The molecule has 27 heavy (non-hydrogen) atoms. The van der Waals surface area contributed by atoms with Crippen molar-refractivity contribution in [1.29, 1.82) is 0 Å². The number of nitrogens with one attached hydrogen (secondary N) is 1. The number of aryl methyl sites for hydroxylation is 1. The first kappa shape index (κ1) is 19.1. The standard InChI is InChI=1S/C21H23N3O2S/c1-17-21(20-11-7-4-8-12-20)18(2)24(23-17)15-14-22-27(25,26)16-13-19-9-5-3-6-10-19/h3-13,16,22H,14-15H2,1-2H3/b16-13+. The van der Waals surface area contributed by atoms with Crippen LogP contribution in [-0.2, 0) is 16.6 Å². The average molecular weight is 382 g/mol. The Kier molecular flexibility index (Phi) is 5.88. The molecular weight excluding hydrogens is 358 g/mol. The molecule has 2 aromatic carbocycles. The molecule has 0 fully saturated rings. The van der Waals surface area contributed by atoms with Gasteiger partial charge in [0.2, 0.25) is 10.0 Å². The minimum absolute atomic E-state index is 0.275. The SMILES string of the molecule is Cc1nn(CCNS(=O)(=O)/C=C/c2ccccc2)c(C)c1-c1ccccc1. The zero-order valence-corrected chi connectivity index (χ0v) is 16.3. The topological polar surface area (TPSA) is 64.0 Å². The van der Waals surface area contributed by atoms with E-state index in [1.165, 1.54) is 5.41 Å². The molecule has 6 heteroatoms. The molecule has 0 amide bonds. The van der Waals surface area contributed by atoms with E-state index < -0.39 is 10.0 Å². The third kappa shape index (κ3) is 4.93. The van der Waals surface area contributed by atoms with Crippen LogP contribution in [0, 0.1) is 13.8 Å². The van der Waals surface area contributed by atoms with Crippen LogP contribution in [0.25, 0.3) is 17.2 Å². The Bertz CT molecular complexity index is 1020. The number of hydrogen-bond donors (Lipinski definition) is 1. The lowest BCUT2D eigenvalue weighted by Crippen LogP contribution is -2.26. The fourth-order valence-electron chi connectivity index (χ4n) is 3.01. The van der Waals surface area contributed by atoms with Crippen LogP contribution >= 0.6 is 0 Å². The van der Waals surface area contributed by atoms with Crippen molar-refractivity contribution in [3.05, 3.63) is 83.0 Å². The highest BCUT2D eigenvalue weighted by atomic mass is 32.2. The highest BCUT2D eigenvalue weighted by molar-refractivity contribution is 7.92. The van der Waals surface area contributed by atoms with E-state index in [4.69, 9.17) is 0 Å². The molecule has 0 unspecified atom stereocenters. The quantitative estimate of drug-likeness (QED) is 0.678. The Balaban J connectivity index is 1.65. The maximum absolute atomic E-state index is 12.1. The van der Waals surface area contributed by atoms with Gasteiger partial charge < -0.3 is 0 Å². The predicted octanol–water partition coefficient (Wildman–Crippen LogP) is 3.76. The van der Waals surface area contributed by atoms with E-state index in [-0.39, 0.29) is 6.54 Å². The van der Waals surface area contributed by atoms with Crippen LogP contribution in [0.3, 0.4) is 0 Å². The fourth-order valence-corrected chi connectivity index (χ4v) is 3.82. The minimum Gasteiger partial charge on any atom is -0.268 e. The van der Waals surface area contributed by atoms with E-state index >= 15 is 0 Å². The van der Waals surface area contributed by atoms with E-state index in [2.05, 4.69) is 22.0 Å². The lowest BCUT2D eigenvalue weighted by atomic mass is 10.0. The normalized spacial score (nSPS) is 11.9. The van der Waals surface area contributed by atoms with Crippen molar-refractivity contribution in [1.82, 2.24) is 14.5 Å². The first-order valence-electron chi connectivity index (χ1n) is 8.78. The summed E-state index contributed by atoms with van der Waals surface area (Å²) in [5.74, 6) is 0. The highest BCUT2D eigenvalue weighted by Crippen LogP contribution is 2.26. The van der Waals surface area contributed by atoms with Gasteiger partial charge in [0.1, 0.15) is 0 Å². The van der Waals surface area contributed by atoms with Crippen molar-refractivity contribution in [3.63, 3.8) is 0 Å². The predicted molar refractivity (Wildman–Crippen MR) is 110 cm³/mol. The van der Waals surface area contributed by atoms with Crippen LogP contribution < -0.4 is 4.72 Å². The van der Waals surface area contributed by atoms with Crippen LogP contribution in [0.5, 0.6) is 0 Å². The van der Waals surface area contributed by atoms with Gasteiger partial charge in [0.05, 0.1) is 12.2 Å². The third-order valence-electron chi connectivity index (χ3n) is 4.31. The van der Waals surface area contributed by atoms with E-state index in [1.807, 2.05) is 67.1 Å². The largest absolute Gasteiger partial charge is 0.268 e. The van der Waals surface area contributed by atoms with Gasteiger partial charge >= 0.3 is 0 Å². The third-order valence-corrected chi connectivity index (χ3v) is 5.41. The van der Waals surface area contributed by atoms with Crippen molar-refractivity contribution in [2.24, 2.45) is 0 Å². The average Bonchev–Trinajstić information content (AvgIpc) is 2.95. The molecule has 3 aromatic rings. The monoisotopic (exact) mass is 381 g/mol. The maximum Gasteiger partial charge on any atom is 0.233 e. The molecule has 0 aliphatic carbocycles. The summed E-state index contributed by atoms with van der Waals surface area (Å²) in [4.78, 5) is 0. The maximum atomic E-state index is 12.1. The van der Waals surface area contributed by atoms with E-state index in [1.54, 1.807) is 6.08 Å². The number of sulfonamides is 1. The number of benzene rings is 2. The van der Waals surface area contributed by atoms with E-state index in [0.29, 0.717) is 6.54 Å². The molecule has 0 spiro atoms. The molecule has 0 saturated heterocycles. The lowest BCUT2D eigenvalue weighted by Gasteiger charge is -2.07. The molecule has 1 N–H and O–H groups in total. The van der Waals surface area contributed by atoms with Gasteiger partial charge in [0.15, 0.2) is 0 Å². The van der Waals surface area contributed by atoms with Gasteiger partial charge in [0, 0.05) is 23.2 Å². The van der Waals surface area contributed by atoms with Gasteiger partial charge in [-0.25, -0.2) is 13.1 Å².